The summed E-state index contributed by atoms with van der Waals surface area (Å²) in [6.45, 7) is 5.12. The molecule has 2 heterocycles. The van der Waals surface area contributed by atoms with Gasteiger partial charge in [-0.2, -0.15) is 10.2 Å². The number of nitrogens with zero attached hydrogens (tertiary/aromatic N) is 2. The molecule has 1 N–H and O–H groups in total. The molecule has 0 radical (unpaired) electrons. The van der Waals surface area contributed by atoms with Crippen molar-refractivity contribution >= 4 is 16.7 Å². The first kappa shape index (κ1) is 18.6. The highest BCUT2D eigenvalue weighted by molar-refractivity contribution is 5.83. The molecular weight excluding hydrogens is 366 g/mol. The van der Waals surface area contributed by atoms with Crippen molar-refractivity contribution in [3.63, 3.8) is 0 Å². The molecule has 2 aromatic heterocycles. The highest BCUT2D eigenvalue weighted by atomic mass is 16.5. The molecule has 2 aromatic carbocycles. The van der Waals surface area contributed by atoms with E-state index in [1.165, 1.54) is 5.39 Å². The van der Waals surface area contributed by atoms with Gasteiger partial charge in [-0.05, 0) is 41.0 Å². The number of rotatable bonds is 7. The molecule has 0 aliphatic rings. The molecule has 146 valence electrons. The molecule has 0 spiro atoms. The molecule has 0 aliphatic heterocycles. The third-order valence-corrected chi connectivity index (χ3v) is 4.38. The van der Waals surface area contributed by atoms with E-state index in [0.717, 1.165) is 11.1 Å². The molecule has 4 rings (SSSR count). The van der Waals surface area contributed by atoms with E-state index in [9.17, 15) is 5.26 Å². The van der Waals surface area contributed by atoms with Crippen LogP contribution in [0.1, 0.15) is 25.3 Å². The van der Waals surface area contributed by atoms with Crippen LogP contribution in [-0.4, -0.2) is 11.5 Å². The van der Waals surface area contributed by atoms with E-state index in [4.69, 9.17) is 13.6 Å². The maximum Gasteiger partial charge on any atom is 0.266 e. The lowest BCUT2D eigenvalue weighted by molar-refractivity contribution is 0.271. The van der Waals surface area contributed by atoms with Crippen molar-refractivity contribution in [1.82, 2.24) is 4.98 Å². The molecule has 4 aromatic rings. The van der Waals surface area contributed by atoms with Crippen LogP contribution in [-0.2, 0) is 6.61 Å². The SMILES string of the molecule is CC(C)CNc1oc(-c2ccc(COc3ccc4ccccc4c3)o2)nc1C#N. The summed E-state index contributed by atoms with van der Waals surface area (Å²) in [6.07, 6.45) is 0. The fourth-order valence-electron chi connectivity index (χ4n) is 2.90. The van der Waals surface area contributed by atoms with Crippen LogP contribution in [0.15, 0.2) is 63.4 Å². The van der Waals surface area contributed by atoms with Crippen molar-refractivity contribution in [3.8, 4) is 23.5 Å². The van der Waals surface area contributed by atoms with E-state index in [1.807, 2.05) is 48.5 Å². The Balaban J connectivity index is 1.46. The van der Waals surface area contributed by atoms with E-state index in [2.05, 4.69) is 30.2 Å². The number of nitriles is 1. The number of benzene rings is 2. The standard InChI is InChI=1S/C23H21N3O3/c1-15(2)13-25-22-20(12-24)26-23(29-22)21-10-9-19(28-21)14-27-18-8-7-16-5-3-4-6-17(16)11-18/h3-11,15,25H,13-14H2,1-2H3. The summed E-state index contributed by atoms with van der Waals surface area (Å²) in [5.74, 6) is 2.91. The van der Waals surface area contributed by atoms with Crippen molar-refractivity contribution in [2.45, 2.75) is 20.5 Å². The third kappa shape index (κ3) is 4.25. The van der Waals surface area contributed by atoms with Gasteiger partial charge in [0.2, 0.25) is 11.6 Å². The van der Waals surface area contributed by atoms with Gasteiger partial charge in [0, 0.05) is 6.54 Å². The van der Waals surface area contributed by atoms with Gasteiger partial charge in [-0.1, -0.05) is 44.2 Å². The van der Waals surface area contributed by atoms with Crippen LogP contribution in [0.2, 0.25) is 0 Å². The van der Waals surface area contributed by atoms with E-state index >= 15 is 0 Å². The first-order chi connectivity index (χ1) is 14.1. The fourth-order valence-corrected chi connectivity index (χ4v) is 2.90. The number of nitrogens with one attached hydrogen (secondary N) is 1. The summed E-state index contributed by atoms with van der Waals surface area (Å²) < 4.78 is 17.3. The van der Waals surface area contributed by atoms with Crippen LogP contribution >= 0.6 is 0 Å². The zero-order valence-electron chi connectivity index (χ0n) is 16.3. The molecule has 0 bridgehead atoms. The normalized spacial score (nSPS) is 11.0. The van der Waals surface area contributed by atoms with Crippen molar-refractivity contribution in [2.75, 3.05) is 11.9 Å². The lowest BCUT2D eigenvalue weighted by Gasteiger charge is -2.05. The average molecular weight is 387 g/mol. The highest BCUT2D eigenvalue weighted by Crippen LogP contribution is 2.28. The Morgan fingerprint density at radius 2 is 1.90 bits per heavy atom. The lowest BCUT2D eigenvalue weighted by Crippen LogP contribution is -2.08. The molecule has 6 heteroatoms. The van der Waals surface area contributed by atoms with Crippen LogP contribution in [0.3, 0.4) is 0 Å². The number of ether oxygens (including phenoxy) is 1. The van der Waals surface area contributed by atoms with Gasteiger partial charge in [0.1, 0.15) is 24.2 Å². The molecular formula is C23H21N3O3. The van der Waals surface area contributed by atoms with Crippen LogP contribution in [0.5, 0.6) is 5.75 Å². The maximum atomic E-state index is 9.27. The monoisotopic (exact) mass is 387 g/mol. The molecule has 0 fully saturated rings. The van der Waals surface area contributed by atoms with E-state index in [0.29, 0.717) is 29.9 Å². The van der Waals surface area contributed by atoms with Gasteiger partial charge in [0.15, 0.2) is 5.76 Å². The number of anilines is 1. The minimum absolute atomic E-state index is 0.214. The number of fused-ring (bicyclic) bond motifs is 1. The highest BCUT2D eigenvalue weighted by Gasteiger charge is 2.17. The first-order valence-corrected chi connectivity index (χ1v) is 9.48. The molecule has 0 unspecified atom stereocenters. The van der Waals surface area contributed by atoms with E-state index < -0.39 is 0 Å². The minimum atomic E-state index is 0.214. The van der Waals surface area contributed by atoms with Crippen molar-refractivity contribution < 1.29 is 13.6 Å². The molecule has 0 aliphatic carbocycles. The van der Waals surface area contributed by atoms with Crippen LogP contribution in [0.25, 0.3) is 22.4 Å². The number of furan rings is 1. The Labute approximate surface area is 168 Å². The molecule has 29 heavy (non-hydrogen) atoms. The molecule has 0 saturated carbocycles. The van der Waals surface area contributed by atoms with E-state index in [1.54, 1.807) is 6.07 Å². The maximum absolute atomic E-state index is 9.27. The second-order valence-corrected chi connectivity index (χ2v) is 7.15. The predicted octanol–water partition coefficient (Wildman–Crippen LogP) is 5.61. The van der Waals surface area contributed by atoms with Gasteiger partial charge in [0.25, 0.3) is 5.89 Å². The van der Waals surface area contributed by atoms with Crippen molar-refractivity contribution in [2.24, 2.45) is 5.92 Å². The van der Waals surface area contributed by atoms with Crippen LogP contribution < -0.4 is 10.1 Å². The Kier molecular flexibility index (Phi) is 5.21. The summed E-state index contributed by atoms with van der Waals surface area (Å²) in [5, 5.41) is 14.7. The summed E-state index contributed by atoms with van der Waals surface area (Å²) >= 11 is 0. The Bertz CT molecular complexity index is 1170. The third-order valence-electron chi connectivity index (χ3n) is 4.38. The number of oxazole rings is 1. The number of hydrogen-bond donors (Lipinski definition) is 1. The summed E-state index contributed by atoms with van der Waals surface area (Å²) in [7, 11) is 0. The molecule has 0 atom stereocenters. The topological polar surface area (TPSA) is 84.2 Å². The Hall–Kier alpha value is -3.72. The van der Waals surface area contributed by atoms with Crippen molar-refractivity contribution in [3.05, 3.63) is 66.1 Å². The molecule has 0 saturated heterocycles. The average Bonchev–Trinajstić information content (AvgIpc) is 3.37. The first-order valence-electron chi connectivity index (χ1n) is 9.48. The van der Waals surface area contributed by atoms with Gasteiger partial charge in [-0.25, -0.2) is 0 Å². The second kappa shape index (κ2) is 8.11. The number of aromatic nitrogens is 1. The Morgan fingerprint density at radius 3 is 2.69 bits per heavy atom. The number of hydrogen-bond acceptors (Lipinski definition) is 6. The minimum Gasteiger partial charge on any atom is -0.486 e. The van der Waals surface area contributed by atoms with Crippen LogP contribution in [0.4, 0.5) is 5.88 Å². The summed E-state index contributed by atoms with van der Waals surface area (Å²) in [5.41, 5.74) is 0.214. The van der Waals surface area contributed by atoms with E-state index in [-0.39, 0.29) is 18.2 Å². The van der Waals surface area contributed by atoms with Gasteiger partial charge in [-0.15, -0.1) is 0 Å². The largest absolute Gasteiger partial charge is 0.486 e. The lowest BCUT2D eigenvalue weighted by atomic mass is 10.1. The fraction of sp³-hybridized carbons (Fsp3) is 0.217. The van der Waals surface area contributed by atoms with Gasteiger partial charge >= 0.3 is 0 Å². The van der Waals surface area contributed by atoms with Gasteiger partial charge in [-0.3, -0.25) is 0 Å². The predicted molar refractivity (Wildman–Crippen MR) is 111 cm³/mol. The zero-order valence-corrected chi connectivity index (χ0v) is 16.3. The smallest absolute Gasteiger partial charge is 0.266 e. The summed E-state index contributed by atoms with van der Waals surface area (Å²) in [4.78, 5) is 4.22. The quantitative estimate of drug-likeness (QED) is 0.444. The van der Waals surface area contributed by atoms with Gasteiger partial charge in [0.05, 0.1) is 0 Å². The van der Waals surface area contributed by atoms with Crippen molar-refractivity contribution in [1.29, 1.82) is 5.26 Å². The second-order valence-electron chi connectivity index (χ2n) is 7.15. The van der Waals surface area contributed by atoms with Crippen LogP contribution in [0, 0.1) is 17.2 Å². The zero-order chi connectivity index (χ0) is 20.2. The van der Waals surface area contributed by atoms with Gasteiger partial charge < -0.3 is 18.9 Å². The Morgan fingerprint density at radius 1 is 1.07 bits per heavy atom. The molecule has 6 nitrogen and oxygen atoms in total. The molecule has 0 amide bonds. The summed E-state index contributed by atoms with van der Waals surface area (Å²) in [6, 6.07) is 19.7.